The van der Waals surface area contributed by atoms with Crippen molar-refractivity contribution in [2.75, 3.05) is 27.1 Å². The zero-order valence-corrected chi connectivity index (χ0v) is 17.8. The van der Waals surface area contributed by atoms with Crippen molar-refractivity contribution in [1.82, 2.24) is 5.43 Å². The summed E-state index contributed by atoms with van der Waals surface area (Å²) >= 11 is 7.59. The number of ether oxygens (including phenoxy) is 3. The Morgan fingerprint density at radius 1 is 1.21 bits per heavy atom. The van der Waals surface area contributed by atoms with Crippen LogP contribution in [0.3, 0.4) is 0 Å². The molecule has 28 heavy (non-hydrogen) atoms. The summed E-state index contributed by atoms with van der Waals surface area (Å²) in [6.07, 6.45) is 3.66. The summed E-state index contributed by atoms with van der Waals surface area (Å²) in [5, 5.41) is 4.62. The van der Waals surface area contributed by atoms with Gasteiger partial charge in [-0.2, -0.15) is 5.10 Å². The van der Waals surface area contributed by atoms with Crippen molar-refractivity contribution in [1.29, 1.82) is 0 Å². The number of halogens is 1. The number of nitrogens with one attached hydrogen (secondary N) is 1. The standard InChI is InChI=1S/C20H23ClN2O4S/c1-5-27-20-16(25-2)8-13(9-17(20)26-3)12-22-23-19(24)11-14-10-15(21)6-7-18(14)28-4/h6-10,12H,5,11H2,1-4H3,(H,23,24)/b22-12-. The van der Waals surface area contributed by atoms with Crippen LogP contribution in [0.5, 0.6) is 17.2 Å². The van der Waals surface area contributed by atoms with Gasteiger partial charge in [0, 0.05) is 15.5 Å². The van der Waals surface area contributed by atoms with E-state index in [1.165, 1.54) is 6.21 Å². The highest BCUT2D eigenvalue weighted by Crippen LogP contribution is 2.38. The second kappa shape index (κ2) is 10.8. The largest absolute Gasteiger partial charge is 0.493 e. The summed E-state index contributed by atoms with van der Waals surface area (Å²) < 4.78 is 16.3. The molecule has 0 unspecified atom stereocenters. The minimum Gasteiger partial charge on any atom is -0.493 e. The van der Waals surface area contributed by atoms with Gasteiger partial charge < -0.3 is 14.2 Å². The molecule has 2 rings (SSSR count). The van der Waals surface area contributed by atoms with Gasteiger partial charge in [-0.1, -0.05) is 11.6 Å². The van der Waals surface area contributed by atoms with Gasteiger partial charge in [-0.15, -0.1) is 11.8 Å². The summed E-state index contributed by atoms with van der Waals surface area (Å²) in [6, 6.07) is 9.01. The minimum absolute atomic E-state index is 0.185. The van der Waals surface area contributed by atoms with E-state index in [9.17, 15) is 4.79 Å². The van der Waals surface area contributed by atoms with E-state index in [2.05, 4.69) is 10.5 Å². The van der Waals surface area contributed by atoms with E-state index >= 15 is 0 Å². The smallest absolute Gasteiger partial charge is 0.244 e. The molecule has 2 aromatic rings. The molecule has 0 spiro atoms. The number of rotatable bonds is 9. The summed E-state index contributed by atoms with van der Waals surface area (Å²) in [6.45, 7) is 2.36. The maximum absolute atomic E-state index is 12.2. The molecule has 0 atom stereocenters. The van der Waals surface area contributed by atoms with Gasteiger partial charge in [0.05, 0.1) is 33.5 Å². The maximum atomic E-state index is 12.2. The molecular formula is C20H23ClN2O4S. The van der Waals surface area contributed by atoms with Crippen molar-refractivity contribution in [3.05, 3.63) is 46.5 Å². The molecule has 8 heteroatoms. The topological polar surface area (TPSA) is 69.2 Å². The highest BCUT2D eigenvalue weighted by molar-refractivity contribution is 7.98. The second-order valence-corrected chi connectivity index (χ2v) is 6.90. The van der Waals surface area contributed by atoms with Gasteiger partial charge in [-0.05, 0) is 49.1 Å². The molecule has 0 saturated heterocycles. The maximum Gasteiger partial charge on any atom is 0.244 e. The van der Waals surface area contributed by atoms with Crippen LogP contribution in [0, 0.1) is 0 Å². The van der Waals surface area contributed by atoms with Crippen LogP contribution in [0.1, 0.15) is 18.1 Å². The third-order valence-electron chi connectivity index (χ3n) is 3.77. The van der Waals surface area contributed by atoms with Crippen LogP contribution in [-0.2, 0) is 11.2 Å². The van der Waals surface area contributed by atoms with Gasteiger partial charge >= 0.3 is 0 Å². The molecule has 6 nitrogen and oxygen atoms in total. The SMILES string of the molecule is CCOc1c(OC)cc(/C=N\NC(=O)Cc2cc(Cl)ccc2SC)cc1OC. The van der Waals surface area contributed by atoms with E-state index in [0.717, 1.165) is 10.5 Å². The Hall–Kier alpha value is -2.38. The fourth-order valence-electron chi connectivity index (χ4n) is 2.54. The summed E-state index contributed by atoms with van der Waals surface area (Å²) in [5.74, 6) is 1.34. The predicted molar refractivity (Wildman–Crippen MR) is 113 cm³/mol. The molecule has 0 radical (unpaired) electrons. The second-order valence-electron chi connectivity index (χ2n) is 5.61. The Morgan fingerprint density at radius 2 is 1.89 bits per heavy atom. The van der Waals surface area contributed by atoms with Crippen molar-refractivity contribution in [2.45, 2.75) is 18.2 Å². The van der Waals surface area contributed by atoms with Crippen LogP contribution in [0.2, 0.25) is 5.02 Å². The summed E-state index contributed by atoms with van der Waals surface area (Å²) in [4.78, 5) is 13.2. The van der Waals surface area contributed by atoms with E-state index in [4.69, 9.17) is 25.8 Å². The van der Waals surface area contributed by atoms with E-state index in [-0.39, 0.29) is 12.3 Å². The lowest BCUT2D eigenvalue weighted by molar-refractivity contribution is -0.120. The van der Waals surface area contributed by atoms with Crippen molar-refractivity contribution in [3.63, 3.8) is 0 Å². The highest BCUT2D eigenvalue weighted by Gasteiger charge is 2.13. The number of benzene rings is 2. The van der Waals surface area contributed by atoms with E-state index < -0.39 is 0 Å². The van der Waals surface area contributed by atoms with Crippen LogP contribution in [0.15, 0.2) is 40.3 Å². The molecule has 150 valence electrons. The summed E-state index contributed by atoms with van der Waals surface area (Å²) in [7, 11) is 3.10. The number of hydrogen-bond acceptors (Lipinski definition) is 6. The average molecular weight is 423 g/mol. The van der Waals surface area contributed by atoms with Gasteiger partial charge in [0.1, 0.15) is 0 Å². The van der Waals surface area contributed by atoms with Crippen molar-refractivity contribution >= 4 is 35.5 Å². The van der Waals surface area contributed by atoms with Crippen LogP contribution in [0.4, 0.5) is 0 Å². The molecule has 0 aliphatic rings. The summed E-state index contributed by atoms with van der Waals surface area (Å²) in [5.41, 5.74) is 4.09. The van der Waals surface area contributed by atoms with Crippen molar-refractivity contribution in [2.24, 2.45) is 5.10 Å². The fraction of sp³-hybridized carbons (Fsp3) is 0.300. The highest BCUT2D eigenvalue weighted by atomic mass is 35.5. The number of amides is 1. The number of carbonyl (C=O) groups is 1. The molecule has 0 fully saturated rings. The number of hydrazone groups is 1. The van der Waals surface area contributed by atoms with Crippen LogP contribution >= 0.6 is 23.4 Å². The van der Waals surface area contributed by atoms with E-state index in [1.54, 1.807) is 50.2 Å². The molecule has 0 aliphatic heterocycles. The Labute approximate surface area is 174 Å². The Balaban J connectivity index is 2.10. The number of thioether (sulfide) groups is 1. The van der Waals surface area contributed by atoms with Crippen molar-refractivity contribution in [3.8, 4) is 17.2 Å². The Morgan fingerprint density at radius 3 is 2.46 bits per heavy atom. The zero-order chi connectivity index (χ0) is 20.5. The van der Waals surface area contributed by atoms with Crippen LogP contribution in [-0.4, -0.2) is 39.2 Å². The van der Waals surface area contributed by atoms with Gasteiger partial charge in [0.25, 0.3) is 0 Å². The van der Waals surface area contributed by atoms with E-state index in [0.29, 0.717) is 34.4 Å². The molecule has 1 N–H and O–H groups in total. The number of nitrogens with zero attached hydrogens (tertiary/aromatic N) is 1. The first kappa shape index (κ1) is 21.9. The molecule has 1 amide bonds. The van der Waals surface area contributed by atoms with Gasteiger partial charge in [-0.3, -0.25) is 4.79 Å². The lowest BCUT2D eigenvalue weighted by Crippen LogP contribution is -2.20. The average Bonchev–Trinajstić information content (AvgIpc) is 2.69. The van der Waals surface area contributed by atoms with Gasteiger partial charge in [0.2, 0.25) is 11.7 Å². The lowest BCUT2D eigenvalue weighted by Gasteiger charge is -2.14. The number of carbonyl (C=O) groups excluding carboxylic acids is 1. The third kappa shape index (κ3) is 5.81. The van der Waals surface area contributed by atoms with Gasteiger partial charge in [0.15, 0.2) is 11.5 Å². The van der Waals surface area contributed by atoms with Crippen LogP contribution < -0.4 is 19.6 Å². The first-order valence-corrected chi connectivity index (χ1v) is 10.2. The first-order valence-electron chi connectivity index (χ1n) is 8.55. The molecule has 0 aliphatic carbocycles. The molecule has 0 heterocycles. The zero-order valence-electron chi connectivity index (χ0n) is 16.2. The molecule has 0 aromatic heterocycles. The third-order valence-corrected chi connectivity index (χ3v) is 4.84. The Bertz CT molecular complexity index is 833. The normalized spacial score (nSPS) is 10.8. The number of methoxy groups -OCH3 is 2. The van der Waals surface area contributed by atoms with Crippen molar-refractivity contribution < 1.29 is 19.0 Å². The monoisotopic (exact) mass is 422 g/mol. The minimum atomic E-state index is -0.237. The molecular weight excluding hydrogens is 400 g/mol. The lowest BCUT2D eigenvalue weighted by atomic mass is 10.1. The number of hydrogen-bond donors (Lipinski definition) is 1. The molecule has 0 saturated carbocycles. The molecule has 0 bridgehead atoms. The molecule has 2 aromatic carbocycles. The van der Waals surface area contributed by atoms with E-state index in [1.807, 2.05) is 19.2 Å². The Kier molecular flexibility index (Phi) is 8.47. The fourth-order valence-corrected chi connectivity index (χ4v) is 3.33. The van der Waals surface area contributed by atoms with Crippen LogP contribution in [0.25, 0.3) is 0 Å². The predicted octanol–water partition coefficient (Wildman–Crippen LogP) is 4.17. The first-order chi connectivity index (χ1) is 13.5. The van der Waals surface area contributed by atoms with Gasteiger partial charge in [-0.25, -0.2) is 5.43 Å². The quantitative estimate of drug-likeness (QED) is 0.373.